The molecule has 6 nitrogen and oxygen atoms in total. The minimum Gasteiger partial charge on any atom is -0.241 e. The standard InChI is InChI=1S/C40H6F14N6/c1-56-60-38-14-7-10(16-22(42)18-20(26(46)24(16)44)30(50)34(54)32(52)28(18)48)3-5-12(14)37-40(38)59-36-11-4-2-9(6-13(11)35(57-8-55)39(36)58-37)15-21(41)17-19(25(45)23(15)43)29(49)33(53)31(51)27(17)47/h2-7H/b57-35?,60-38+. The number of benzene rings is 6. The topological polar surface area (TPSA) is 78.6 Å². The van der Waals surface area contributed by atoms with Crippen LogP contribution in [0.4, 0.5) is 61.5 Å². The van der Waals surface area contributed by atoms with Gasteiger partial charge >= 0.3 is 0 Å². The number of rotatable bonds is 2. The van der Waals surface area contributed by atoms with Crippen LogP contribution in [0.2, 0.25) is 0 Å². The minimum atomic E-state index is -2.52. The van der Waals surface area contributed by atoms with Gasteiger partial charge in [-0.3, -0.25) is 0 Å². The fourth-order valence-electron chi connectivity index (χ4n) is 7.39. The molecule has 0 fully saturated rings. The van der Waals surface area contributed by atoms with Crippen molar-refractivity contribution >= 4 is 65.2 Å². The molecule has 0 aliphatic rings. The molecule has 0 bridgehead atoms. The van der Waals surface area contributed by atoms with Gasteiger partial charge in [-0.2, -0.15) is 16.8 Å². The molecule has 0 aliphatic carbocycles. The van der Waals surface area contributed by atoms with Crippen molar-refractivity contribution in [1.29, 1.82) is 5.26 Å². The Morgan fingerprint density at radius 2 is 0.783 bits per heavy atom. The maximum absolute atomic E-state index is 15.8. The summed E-state index contributed by atoms with van der Waals surface area (Å²) in [7, 11) is 0. The van der Waals surface area contributed by atoms with Crippen LogP contribution >= 0.6 is 0 Å². The van der Waals surface area contributed by atoms with Gasteiger partial charge in [0.15, 0.2) is 75.2 Å². The third-order valence-electron chi connectivity index (χ3n) is 9.97. The van der Waals surface area contributed by atoms with Gasteiger partial charge < -0.3 is 0 Å². The minimum absolute atomic E-state index is 0.0120. The van der Waals surface area contributed by atoms with Crippen molar-refractivity contribution in [2.24, 2.45) is 10.1 Å². The van der Waals surface area contributed by atoms with Crippen molar-refractivity contribution in [3.8, 4) is 28.4 Å². The van der Waals surface area contributed by atoms with Crippen LogP contribution < -0.4 is 10.7 Å². The van der Waals surface area contributed by atoms with E-state index in [9.17, 15) is 40.4 Å². The molecule has 0 N–H and O–H groups in total. The maximum Gasteiger partial charge on any atom is 0.206 e. The van der Waals surface area contributed by atoms with E-state index in [1.165, 1.54) is 6.19 Å². The summed E-state index contributed by atoms with van der Waals surface area (Å²) in [6.45, 7) is 7.39. The second-order valence-electron chi connectivity index (χ2n) is 12.9. The fourth-order valence-corrected chi connectivity index (χ4v) is 7.39. The molecule has 9 rings (SSSR count). The lowest BCUT2D eigenvalue weighted by molar-refractivity contribution is 0.412. The number of fused-ring (bicyclic) bond motifs is 8. The zero-order valence-electron chi connectivity index (χ0n) is 28.4. The molecule has 1 aromatic heterocycles. The molecule has 0 aliphatic heterocycles. The third kappa shape index (κ3) is 4.75. The highest BCUT2D eigenvalue weighted by Crippen LogP contribution is 2.42. The first-order chi connectivity index (χ1) is 28.5. The molecule has 0 amide bonds. The second-order valence-corrected chi connectivity index (χ2v) is 12.9. The van der Waals surface area contributed by atoms with Gasteiger partial charge in [-0.1, -0.05) is 24.3 Å². The van der Waals surface area contributed by atoms with Crippen molar-refractivity contribution in [1.82, 2.24) is 9.97 Å². The molecule has 0 atom stereocenters. The number of nitrogens with zero attached hydrogens (tertiary/aromatic N) is 6. The molecular formula is C40H6F14N6. The molecule has 0 saturated heterocycles. The molecule has 0 spiro atoms. The number of nitriles is 1. The molecule has 0 radical (unpaired) electrons. The Bertz CT molecular complexity index is 3500. The first-order valence-corrected chi connectivity index (χ1v) is 16.3. The van der Waals surface area contributed by atoms with E-state index in [4.69, 9.17) is 6.57 Å². The van der Waals surface area contributed by atoms with E-state index in [0.29, 0.717) is 0 Å². The van der Waals surface area contributed by atoms with Gasteiger partial charge in [0, 0.05) is 21.5 Å². The average Bonchev–Trinajstić information content (AvgIpc) is 3.69. The van der Waals surface area contributed by atoms with E-state index in [-0.39, 0.29) is 54.3 Å². The predicted molar refractivity (Wildman–Crippen MR) is 183 cm³/mol. The fraction of sp³-hybridized carbons (Fsp3) is 0. The van der Waals surface area contributed by atoms with E-state index in [2.05, 4.69) is 25.0 Å². The molecule has 9 aromatic rings. The van der Waals surface area contributed by atoms with Crippen LogP contribution in [-0.4, -0.2) is 9.97 Å². The summed E-state index contributed by atoms with van der Waals surface area (Å²) in [5.41, 5.74) is -4.60. The normalized spacial score (nSPS) is 12.7. The SMILES string of the molecule is [C-]#[N+]/N=c1\c2cc(-c3c(F)c(F)c4c(F)c(F)c(F)c(F)c4c3F)ccc2c2nc3c(=NC#N)c4cc(-c5c(F)c(F)c6c(F)c(F)c(F)c(F)c6c5F)ccc4c3nc12. The smallest absolute Gasteiger partial charge is 0.206 e. The quantitative estimate of drug-likeness (QED) is 0.0434. The summed E-state index contributed by atoms with van der Waals surface area (Å²) in [4.78, 5) is 15.7. The van der Waals surface area contributed by atoms with Gasteiger partial charge in [0.2, 0.25) is 6.19 Å². The number of hydrogen-bond acceptors (Lipinski definition) is 5. The Morgan fingerprint density at radius 3 is 1.17 bits per heavy atom. The summed E-state index contributed by atoms with van der Waals surface area (Å²) in [5.74, 6) is -32.4. The first-order valence-electron chi connectivity index (χ1n) is 16.3. The maximum atomic E-state index is 15.8. The van der Waals surface area contributed by atoms with Gasteiger partial charge in [0.05, 0.1) is 48.8 Å². The van der Waals surface area contributed by atoms with Crippen LogP contribution in [-0.2, 0) is 0 Å². The Morgan fingerprint density at radius 1 is 0.433 bits per heavy atom. The highest BCUT2D eigenvalue weighted by atomic mass is 19.2. The van der Waals surface area contributed by atoms with Crippen LogP contribution in [0.3, 0.4) is 0 Å². The molecule has 0 saturated carbocycles. The molecule has 60 heavy (non-hydrogen) atoms. The highest BCUT2D eigenvalue weighted by Gasteiger charge is 2.33. The molecule has 0 unspecified atom stereocenters. The summed E-state index contributed by atoms with van der Waals surface area (Å²) >= 11 is 0. The van der Waals surface area contributed by atoms with Crippen LogP contribution in [0.15, 0.2) is 46.5 Å². The van der Waals surface area contributed by atoms with Gasteiger partial charge in [0.1, 0.15) is 28.0 Å². The highest BCUT2D eigenvalue weighted by molar-refractivity contribution is 6.16. The van der Waals surface area contributed by atoms with Gasteiger partial charge in [-0.15, -0.1) is 4.95 Å². The lowest BCUT2D eigenvalue weighted by Gasteiger charge is -2.13. The predicted octanol–water partition coefficient (Wildman–Crippen LogP) is 10.7. The van der Waals surface area contributed by atoms with E-state index < -0.39 is 125 Å². The lowest BCUT2D eigenvalue weighted by atomic mass is 9.96. The molecule has 20 heteroatoms. The van der Waals surface area contributed by atoms with Crippen LogP contribution in [0, 0.1) is 99.5 Å². The Hall–Kier alpha value is -7.74. The van der Waals surface area contributed by atoms with Crippen LogP contribution in [0.1, 0.15) is 0 Å². The van der Waals surface area contributed by atoms with E-state index >= 15 is 26.3 Å². The summed E-state index contributed by atoms with van der Waals surface area (Å²) in [6, 6.07) is 5.94. The second kappa shape index (κ2) is 12.9. The van der Waals surface area contributed by atoms with Crippen molar-refractivity contribution < 1.29 is 61.5 Å². The number of aromatic nitrogens is 2. The zero-order chi connectivity index (χ0) is 43.0. The largest absolute Gasteiger partial charge is 0.241 e. The zero-order valence-corrected chi connectivity index (χ0v) is 28.4. The van der Waals surface area contributed by atoms with Gasteiger partial charge in [-0.25, -0.2) is 71.4 Å². The Kier molecular flexibility index (Phi) is 8.12. The van der Waals surface area contributed by atoms with Crippen LogP contribution in [0.5, 0.6) is 0 Å². The Balaban J connectivity index is 1.31. The van der Waals surface area contributed by atoms with Crippen molar-refractivity contribution in [3.63, 3.8) is 0 Å². The third-order valence-corrected chi connectivity index (χ3v) is 9.97. The summed E-state index contributed by atoms with van der Waals surface area (Å²) in [6.07, 6.45) is 1.50. The molecular weight excluding hydrogens is 830 g/mol. The van der Waals surface area contributed by atoms with Gasteiger partial charge in [-0.05, 0) is 23.3 Å². The molecule has 294 valence electrons. The summed E-state index contributed by atoms with van der Waals surface area (Å²) < 4.78 is 207. The number of hydrogen-bond donors (Lipinski definition) is 0. The summed E-state index contributed by atoms with van der Waals surface area (Å²) in [5, 5.41) is 5.16. The van der Waals surface area contributed by atoms with Gasteiger partial charge in [0.25, 0.3) is 0 Å². The molecule has 1 heterocycles. The molecule has 8 aromatic carbocycles. The van der Waals surface area contributed by atoms with Crippen molar-refractivity contribution in [3.05, 3.63) is 140 Å². The van der Waals surface area contributed by atoms with E-state index in [1.54, 1.807) is 0 Å². The number of halogens is 14. The van der Waals surface area contributed by atoms with Crippen LogP contribution in [0.25, 0.3) is 92.4 Å². The Labute approximate surface area is 320 Å². The lowest BCUT2D eigenvalue weighted by Crippen LogP contribution is -2.06. The van der Waals surface area contributed by atoms with Crippen molar-refractivity contribution in [2.45, 2.75) is 0 Å². The monoisotopic (exact) mass is 836 g/mol. The average molecular weight is 837 g/mol. The van der Waals surface area contributed by atoms with E-state index in [1.807, 2.05) is 0 Å². The van der Waals surface area contributed by atoms with Crippen molar-refractivity contribution in [2.75, 3.05) is 0 Å². The first kappa shape index (κ1) is 37.8. The van der Waals surface area contributed by atoms with E-state index in [0.717, 1.165) is 36.4 Å².